The molecule has 4 rings (SSSR count). The number of rotatable bonds is 4. The van der Waals surface area contributed by atoms with Gasteiger partial charge in [0, 0.05) is 6.42 Å². The van der Waals surface area contributed by atoms with Crippen LogP contribution in [-0.2, 0) is 0 Å². The SMILES string of the molecule is C=C1/C(=C\C=C2/CCC[C@]3(C)[C@@H]([C@H](C)/C=C\c4ccccc4)CC[C@@H]23)C[C@@H](O)C[C@@H]1O. The molecular formula is C29H38O2. The van der Waals surface area contributed by atoms with Crippen LogP contribution in [0, 0.1) is 23.2 Å². The second kappa shape index (κ2) is 9.30. The maximum Gasteiger partial charge on any atom is 0.0811 e. The maximum atomic E-state index is 10.1. The zero-order valence-electron chi connectivity index (χ0n) is 19.1. The van der Waals surface area contributed by atoms with E-state index in [0.717, 1.165) is 11.1 Å². The second-order valence-corrected chi connectivity index (χ2v) is 10.3. The number of benzene rings is 1. The fourth-order valence-electron chi connectivity index (χ4n) is 6.57. The number of allylic oxidation sites excluding steroid dienone is 4. The lowest BCUT2D eigenvalue weighted by Crippen LogP contribution is -2.35. The zero-order valence-corrected chi connectivity index (χ0v) is 19.1. The monoisotopic (exact) mass is 418 g/mol. The van der Waals surface area contributed by atoms with Crippen molar-refractivity contribution >= 4 is 6.08 Å². The minimum Gasteiger partial charge on any atom is -0.393 e. The van der Waals surface area contributed by atoms with Crippen LogP contribution in [0.2, 0.25) is 0 Å². The zero-order chi connectivity index (χ0) is 22.0. The van der Waals surface area contributed by atoms with Crippen LogP contribution >= 0.6 is 0 Å². The van der Waals surface area contributed by atoms with Crippen LogP contribution in [0.4, 0.5) is 0 Å². The van der Waals surface area contributed by atoms with E-state index >= 15 is 0 Å². The molecule has 0 aromatic heterocycles. The lowest BCUT2D eigenvalue weighted by Gasteiger charge is -2.44. The number of hydrogen-bond donors (Lipinski definition) is 2. The number of fused-ring (bicyclic) bond motifs is 1. The number of hydrogen-bond acceptors (Lipinski definition) is 2. The highest BCUT2D eigenvalue weighted by molar-refractivity contribution is 5.49. The van der Waals surface area contributed by atoms with Crippen LogP contribution in [0.1, 0.15) is 64.4 Å². The molecule has 0 spiro atoms. The van der Waals surface area contributed by atoms with Crippen LogP contribution in [-0.4, -0.2) is 22.4 Å². The molecule has 0 aliphatic heterocycles. The van der Waals surface area contributed by atoms with Gasteiger partial charge in [-0.3, -0.25) is 0 Å². The lowest BCUT2D eigenvalue weighted by molar-refractivity contribution is 0.0862. The predicted octanol–water partition coefficient (Wildman–Crippen LogP) is 6.48. The van der Waals surface area contributed by atoms with Gasteiger partial charge in [-0.25, -0.2) is 0 Å². The smallest absolute Gasteiger partial charge is 0.0811 e. The molecule has 3 saturated carbocycles. The highest BCUT2D eigenvalue weighted by Crippen LogP contribution is 2.59. The van der Waals surface area contributed by atoms with Crippen molar-refractivity contribution < 1.29 is 10.2 Å². The third-order valence-corrected chi connectivity index (χ3v) is 8.33. The standard InChI is InChI=1S/C29H38O2/c1-20(11-12-22-8-5-4-6-9-22)26-15-16-27-23(10-7-17-29(26,27)3)13-14-24-18-25(30)19-28(31)21(24)2/h4-6,8-9,11-14,20,25-28,30-31H,2,7,10,15-19H2,1,3H3/b12-11-,23-13+,24-14-/t20-,25-,26-,27+,28+,29-/m1/s1. The van der Waals surface area contributed by atoms with Crippen molar-refractivity contribution in [1.82, 2.24) is 0 Å². The first-order valence-electron chi connectivity index (χ1n) is 12.1. The molecule has 0 amide bonds. The van der Waals surface area contributed by atoms with Crippen molar-refractivity contribution in [1.29, 1.82) is 0 Å². The second-order valence-electron chi connectivity index (χ2n) is 10.3. The summed E-state index contributed by atoms with van der Waals surface area (Å²) >= 11 is 0. The summed E-state index contributed by atoms with van der Waals surface area (Å²) in [5.41, 5.74) is 4.99. The Hall–Kier alpha value is -1.90. The van der Waals surface area contributed by atoms with Crippen molar-refractivity contribution in [2.45, 2.75) is 71.0 Å². The third kappa shape index (κ3) is 4.66. The molecule has 0 bridgehead atoms. The van der Waals surface area contributed by atoms with Gasteiger partial charge in [-0.05, 0) is 78.4 Å². The molecule has 166 valence electrons. The molecule has 31 heavy (non-hydrogen) atoms. The first kappa shape index (κ1) is 22.3. The van der Waals surface area contributed by atoms with Gasteiger partial charge in [0.2, 0.25) is 0 Å². The molecule has 6 atom stereocenters. The van der Waals surface area contributed by atoms with E-state index in [1.165, 1.54) is 37.7 Å². The highest BCUT2D eigenvalue weighted by Gasteiger charge is 2.50. The molecule has 1 aromatic carbocycles. The van der Waals surface area contributed by atoms with Gasteiger partial charge in [-0.15, -0.1) is 0 Å². The summed E-state index contributed by atoms with van der Waals surface area (Å²) in [6, 6.07) is 10.6. The molecule has 3 fully saturated rings. The average molecular weight is 419 g/mol. The van der Waals surface area contributed by atoms with Gasteiger partial charge in [-0.2, -0.15) is 0 Å². The van der Waals surface area contributed by atoms with E-state index in [1.54, 1.807) is 5.57 Å². The molecule has 3 aliphatic rings. The molecule has 0 saturated heterocycles. The Bertz CT molecular complexity index is 877. The minimum absolute atomic E-state index is 0.353. The van der Waals surface area contributed by atoms with Gasteiger partial charge < -0.3 is 10.2 Å². The summed E-state index contributed by atoms with van der Waals surface area (Å²) in [4.78, 5) is 0. The van der Waals surface area contributed by atoms with Crippen molar-refractivity contribution in [3.8, 4) is 0 Å². The van der Waals surface area contributed by atoms with Gasteiger partial charge >= 0.3 is 0 Å². The predicted molar refractivity (Wildman–Crippen MR) is 129 cm³/mol. The molecule has 3 aliphatic carbocycles. The topological polar surface area (TPSA) is 40.5 Å². The number of aliphatic hydroxyl groups excluding tert-OH is 2. The van der Waals surface area contributed by atoms with E-state index in [4.69, 9.17) is 0 Å². The summed E-state index contributed by atoms with van der Waals surface area (Å²) in [5, 5.41) is 20.2. The molecular weight excluding hydrogens is 380 g/mol. The Kier molecular flexibility index (Phi) is 6.69. The summed E-state index contributed by atoms with van der Waals surface area (Å²) in [6.07, 6.45) is 15.4. The van der Waals surface area contributed by atoms with Crippen molar-refractivity contribution in [3.63, 3.8) is 0 Å². The summed E-state index contributed by atoms with van der Waals surface area (Å²) in [5.74, 6) is 1.92. The normalized spacial score (nSPS) is 37.5. The third-order valence-electron chi connectivity index (χ3n) is 8.33. The Balaban J connectivity index is 1.51. The molecule has 0 radical (unpaired) electrons. The average Bonchev–Trinajstić information content (AvgIpc) is 3.12. The van der Waals surface area contributed by atoms with Gasteiger partial charge in [-0.1, -0.05) is 80.6 Å². The van der Waals surface area contributed by atoms with Crippen molar-refractivity contribution in [3.05, 3.63) is 77.4 Å². The first-order valence-corrected chi connectivity index (χ1v) is 12.1. The van der Waals surface area contributed by atoms with E-state index in [0.29, 0.717) is 36.0 Å². The summed E-state index contributed by atoms with van der Waals surface area (Å²) in [7, 11) is 0. The Labute approximate surface area is 188 Å². The van der Waals surface area contributed by atoms with Gasteiger partial charge in [0.05, 0.1) is 12.2 Å². The molecule has 0 unspecified atom stereocenters. The fraction of sp³-hybridized carbons (Fsp3) is 0.517. The van der Waals surface area contributed by atoms with Gasteiger partial charge in [0.15, 0.2) is 0 Å². The summed E-state index contributed by atoms with van der Waals surface area (Å²) in [6.45, 7) is 8.99. The van der Waals surface area contributed by atoms with E-state index < -0.39 is 12.2 Å². The van der Waals surface area contributed by atoms with E-state index in [2.05, 4.69) is 75.1 Å². The van der Waals surface area contributed by atoms with Crippen molar-refractivity contribution in [2.75, 3.05) is 0 Å². The maximum absolute atomic E-state index is 10.1. The van der Waals surface area contributed by atoms with Gasteiger partial charge in [0.1, 0.15) is 0 Å². The van der Waals surface area contributed by atoms with Crippen LogP contribution in [0.25, 0.3) is 6.08 Å². The first-order chi connectivity index (χ1) is 14.9. The highest BCUT2D eigenvalue weighted by atomic mass is 16.3. The molecule has 2 nitrogen and oxygen atoms in total. The minimum atomic E-state index is -0.613. The largest absolute Gasteiger partial charge is 0.393 e. The Morgan fingerprint density at radius 3 is 2.68 bits per heavy atom. The van der Waals surface area contributed by atoms with Crippen molar-refractivity contribution in [2.24, 2.45) is 23.2 Å². The van der Waals surface area contributed by atoms with E-state index in [9.17, 15) is 10.2 Å². The van der Waals surface area contributed by atoms with E-state index in [-0.39, 0.29) is 0 Å². The quantitative estimate of drug-likeness (QED) is 0.588. The van der Waals surface area contributed by atoms with E-state index in [1.807, 2.05) is 0 Å². The molecule has 0 heterocycles. The van der Waals surface area contributed by atoms with Gasteiger partial charge in [0.25, 0.3) is 0 Å². The molecule has 2 N–H and O–H groups in total. The lowest BCUT2D eigenvalue weighted by atomic mass is 9.61. The molecule has 2 heteroatoms. The van der Waals surface area contributed by atoms with Crippen LogP contribution in [0.3, 0.4) is 0 Å². The molecule has 1 aromatic rings. The Morgan fingerprint density at radius 2 is 1.90 bits per heavy atom. The Morgan fingerprint density at radius 1 is 1.13 bits per heavy atom. The summed E-state index contributed by atoms with van der Waals surface area (Å²) < 4.78 is 0. The van der Waals surface area contributed by atoms with Crippen LogP contribution in [0.5, 0.6) is 0 Å². The van der Waals surface area contributed by atoms with Crippen LogP contribution in [0.15, 0.2) is 71.9 Å². The fourth-order valence-corrected chi connectivity index (χ4v) is 6.57. The van der Waals surface area contributed by atoms with Crippen LogP contribution < -0.4 is 0 Å². The number of aliphatic hydroxyl groups is 2.